The molecule has 0 bridgehead atoms. The fraction of sp³-hybridized carbons (Fsp3) is 0. The molecule has 0 aliphatic rings. The molecule has 0 saturated heterocycles. The predicted molar refractivity (Wildman–Crippen MR) is 95.9 cm³/mol. The van der Waals surface area contributed by atoms with Gasteiger partial charge in [0.25, 0.3) is 0 Å². The summed E-state index contributed by atoms with van der Waals surface area (Å²) >= 11 is 6.87. The van der Waals surface area contributed by atoms with Crippen molar-refractivity contribution in [3.8, 4) is 22.5 Å². The number of benzene rings is 2. The van der Waals surface area contributed by atoms with Crippen molar-refractivity contribution in [3.63, 3.8) is 0 Å². The van der Waals surface area contributed by atoms with E-state index in [4.69, 9.17) is 4.52 Å². The normalized spacial score (nSPS) is 11.0. The van der Waals surface area contributed by atoms with Crippen LogP contribution in [0.1, 0.15) is 0 Å². The zero-order chi connectivity index (χ0) is 15.8. The summed E-state index contributed by atoms with van der Waals surface area (Å²) in [5.41, 5.74) is 4.09. The molecule has 0 spiro atoms. The van der Waals surface area contributed by atoms with Gasteiger partial charge in [-0.25, -0.2) is 0 Å². The Bertz CT molecular complexity index is 900. The molecule has 112 valence electrons. The number of rotatable bonds is 2. The number of nitrogens with zero attached hydrogens (tertiary/aromatic N) is 3. The third-order valence-electron chi connectivity index (χ3n) is 3.53. The summed E-state index contributed by atoms with van der Waals surface area (Å²) in [6.45, 7) is 0. The van der Waals surface area contributed by atoms with Gasteiger partial charge in [0.1, 0.15) is 23.2 Å². The summed E-state index contributed by atoms with van der Waals surface area (Å²) in [6, 6.07) is 15.8. The van der Waals surface area contributed by atoms with Gasteiger partial charge in [-0.2, -0.15) is 0 Å². The number of hydrogen-bond donors (Lipinski definition) is 0. The van der Waals surface area contributed by atoms with Gasteiger partial charge in [-0.1, -0.05) is 61.3 Å². The molecule has 4 aromatic rings. The van der Waals surface area contributed by atoms with E-state index in [1.54, 1.807) is 6.26 Å². The predicted octanol–water partition coefficient (Wildman–Crippen LogP) is 5.48. The van der Waals surface area contributed by atoms with Crippen molar-refractivity contribution in [1.29, 1.82) is 0 Å². The molecule has 0 N–H and O–H groups in total. The molecule has 0 aliphatic carbocycles. The molecule has 0 aliphatic heterocycles. The minimum absolute atomic E-state index is 0.709. The molecule has 0 atom stereocenters. The lowest BCUT2D eigenvalue weighted by molar-refractivity contribution is 0.428. The fourth-order valence-electron chi connectivity index (χ4n) is 2.40. The first-order valence-corrected chi connectivity index (χ1v) is 8.43. The Labute approximate surface area is 148 Å². The van der Waals surface area contributed by atoms with E-state index >= 15 is 0 Å². The maximum absolute atomic E-state index is 5.19. The van der Waals surface area contributed by atoms with E-state index in [0.29, 0.717) is 11.2 Å². The Morgan fingerprint density at radius 2 is 1.22 bits per heavy atom. The van der Waals surface area contributed by atoms with Crippen LogP contribution in [0.15, 0.2) is 68.3 Å². The standard InChI is InChI=1S/C17H9Br2N3O/c18-12-5-1-10(2-6-12)15-14-9-23-22-17(14)16(21-20-15)11-3-7-13(19)8-4-11/h1-9H. The highest BCUT2D eigenvalue weighted by Gasteiger charge is 2.15. The largest absolute Gasteiger partial charge is 0.363 e. The molecule has 2 aromatic heterocycles. The third-order valence-corrected chi connectivity index (χ3v) is 4.59. The number of fused-ring (bicyclic) bond motifs is 1. The van der Waals surface area contributed by atoms with Gasteiger partial charge in [-0.3, -0.25) is 0 Å². The maximum Gasteiger partial charge on any atom is 0.144 e. The van der Waals surface area contributed by atoms with Gasteiger partial charge < -0.3 is 4.52 Å². The highest BCUT2D eigenvalue weighted by molar-refractivity contribution is 9.10. The Balaban J connectivity index is 1.91. The van der Waals surface area contributed by atoms with Gasteiger partial charge in [-0.15, -0.1) is 10.2 Å². The molecule has 4 nitrogen and oxygen atoms in total. The fourth-order valence-corrected chi connectivity index (χ4v) is 2.93. The molecule has 23 heavy (non-hydrogen) atoms. The highest BCUT2D eigenvalue weighted by Crippen LogP contribution is 2.32. The zero-order valence-corrected chi connectivity index (χ0v) is 14.9. The van der Waals surface area contributed by atoms with Crippen LogP contribution in [0.5, 0.6) is 0 Å². The second kappa shape index (κ2) is 5.86. The maximum atomic E-state index is 5.19. The second-order valence-electron chi connectivity index (χ2n) is 4.99. The van der Waals surface area contributed by atoms with Crippen molar-refractivity contribution in [3.05, 3.63) is 63.7 Å². The topological polar surface area (TPSA) is 51.8 Å². The molecule has 0 amide bonds. The van der Waals surface area contributed by atoms with Crippen LogP contribution in [0.4, 0.5) is 0 Å². The van der Waals surface area contributed by atoms with E-state index in [1.807, 2.05) is 48.5 Å². The minimum atomic E-state index is 0.709. The van der Waals surface area contributed by atoms with Crippen molar-refractivity contribution in [2.75, 3.05) is 0 Å². The van der Waals surface area contributed by atoms with E-state index < -0.39 is 0 Å². The first kappa shape index (κ1) is 14.5. The Morgan fingerprint density at radius 1 is 0.696 bits per heavy atom. The van der Waals surface area contributed by atoms with Crippen molar-refractivity contribution in [2.45, 2.75) is 0 Å². The van der Waals surface area contributed by atoms with Crippen molar-refractivity contribution >= 4 is 42.8 Å². The molecule has 4 rings (SSSR count). The SMILES string of the molecule is Brc1ccc(-c2nnc(-c3ccc(Br)cc3)c3nocc23)cc1. The summed E-state index contributed by atoms with van der Waals surface area (Å²) < 4.78 is 7.22. The molecule has 6 heteroatoms. The lowest BCUT2D eigenvalue weighted by Crippen LogP contribution is -1.93. The van der Waals surface area contributed by atoms with Crippen LogP contribution in [0, 0.1) is 0 Å². The van der Waals surface area contributed by atoms with E-state index in [-0.39, 0.29) is 0 Å². The van der Waals surface area contributed by atoms with Crippen LogP contribution < -0.4 is 0 Å². The molecule has 2 aromatic carbocycles. The van der Waals surface area contributed by atoms with Crippen molar-refractivity contribution in [1.82, 2.24) is 15.4 Å². The summed E-state index contributed by atoms with van der Waals surface area (Å²) in [7, 11) is 0. The molecule has 0 unspecified atom stereocenters. The molecular formula is C17H9Br2N3O. The average Bonchev–Trinajstić information content (AvgIpc) is 3.05. The first-order chi connectivity index (χ1) is 11.2. The third kappa shape index (κ3) is 2.68. The number of aromatic nitrogens is 3. The zero-order valence-electron chi connectivity index (χ0n) is 11.7. The van der Waals surface area contributed by atoms with Crippen LogP contribution in [0.3, 0.4) is 0 Å². The van der Waals surface area contributed by atoms with Gasteiger partial charge >= 0.3 is 0 Å². The smallest absolute Gasteiger partial charge is 0.144 e. The van der Waals surface area contributed by atoms with Gasteiger partial charge in [0.15, 0.2) is 0 Å². The summed E-state index contributed by atoms with van der Waals surface area (Å²) in [6.07, 6.45) is 1.61. The second-order valence-corrected chi connectivity index (χ2v) is 6.82. The van der Waals surface area contributed by atoms with Gasteiger partial charge in [0, 0.05) is 20.1 Å². The number of halogens is 2. The molecule has 2 heterocycles. The Kier molecular flexibility index (Phi) is 3.71. The van der Waals surface area contributed by atoms with Crippen molar-refractivity contribution in [2.24, 2.45) is 0 Å². The average molecular weight is 431 g/mol. The molecule has 0 fully saturated rings. The monoisotopic (exact) mass is 429 g/mol. The summed E-state index contributed by atoms with van der Waals surface area (Å²) in [5.74, 6) is 0. The van der Waals surface area contributed by atoms with E-state index in [2.05, 4.69) is 47.2 Å². The molecule has 0 radical (unpaired) electrons. The van der Waals surface area contributed by atoms with E-state index in [1.165, 1.54) is 0 Å². The van der Waals surface area contributed by atoms with Crippen molar-refractivity contribution < 1.29 is 4.52 Å². The molecule has 0 saturated carbocycles. The number of hydrogen-bond acceptors (Lipinski definition) is 4. The van der Waals surface area contributed by atoms with Gasteiger partial charge in [0.2, 0.25) is 0 Å². The first-order valence-electron chi connectivity index (χ1n) is 6.85. The van der Waals surface area contributed by atoms with Crippen LogP contribution in [0.2, 0.25) is 0 Å². The lowest BCUT2D eigenvalue weighted by Gasteiger charge is -2.05. The van der Waals surface area contributed by atoms with Gasteiger partial charge in [-0.05, 0) is 24.3 Å². The van der Waals surface area contributed by atoms with E-state index in [0.717, 1.165) is 31.2 Å². The van der Waals surface area contributed by atoms with E-state index in [9.17, 15) is 0 Å². The van der Waals surface area contributed by atoms with Gasteiger partial charge in [0.05, 0.1) is 5.39 Å². The minimum Gasteiger partial charge on any atom is -0.363 e. The quantitative estimate of drug-likeness (QED) is 0.422. The van der Waals surface area contributed by atoms with Crippen LogP contribution in [0.25, 0.3) is 33.4 Å². The lowest BCUT2D eigenvalue weighted by atomic mass is 10.1. The van der Waals surface area contributed by atoms with Crippen LogP contribution >= 0.6 is 31.9 Å². The van der Waals surface area contributed by atoms with Crippen LogP contribution in [-0.2, 0) is 0 Å². The molecular weight excluding hydrogens is 422 g/mol. The summed E-state index contributed by atoms with van der Waals surface area (Å²) in [4.78, 5) is 0. The Hall–Kier alpha value is -2.05. The Morgan fingerprint density at radius 3 is 1.83 bits per heavy atom. The summed E-state index contributed by atoms with van der Waals surface area (Å²) in [5, 5.41) is 13.7. The van der Waals surface area contributed by atoms with Crippen LogP contribution in [-0.4, -0.2) is 15.4 Å². The highest BCUT2D eigenvalue weighted by atomic mass is 79.9.